The largest absolute Gasteiger partial charge is 0.489 e. The summed E-state index contributed by atoms with van der Waals surface area (Å²) in [4.78, 5) is 4.37. The molecule has 33 heavy (non-hydrogen) atoms. The normalized spacial score (nSPS) is 12.1. The van der Waals surface area contributed by atoms with Crippen molar-refractivity contribution in [1.82, 2.24) is 20.4 Å². The maximum absolute atomic E-state index is 5.87. The van der Waals surface area contributed by atoms with Crippen molar-refractivity contribution in [2.45, 2.75) is 46.3 Å². The molecule has 0 aliphatic carbocycles. The first kappa shape index (κ1) is 26.7. The third-order valence-corrected chi connectivity index (χ3v) is 5.65. The summed E-state index contributed by atoms with van der Waals surface area (Å²) in [5.74, 6) is 1.71. The monoisotopic (exact) mass is 561 g/mol. The van der Waals surface area contributed by atoms with Crippen LogP contribution in [-0.2, 0) is 26.5 Å². The van der Waals surface area contributed by atoms with E-state index in [9.17, 15) is 0 Å². The highest BCUT2D eigenvalue weighted by Gasteiger charge is 2.14. The molecule has 6 nitrogen and oxygen atoms in total. The summed E-state index contributed by atoms with van der Waals surface area (Å²) in [6.45, 7) is 7.75. The Kier molecular flexibility index (Phi) is 10.7. The third-order valence-electron chi connectivity index (χ3n) is 5.65. The second-order valence-corrected chi connectivity index (χ2v) is 8.19. The van der Waals surface area contributed by atoms with Crippen molar-refractivity contribution in [3.63, 3.8) is 0 Å². The summed E-state index contributed by atoms with van der Waals surface area (Å²) in [5.41, 5.74) is 6.04. The minimum atomic E-state index is 0. The molecule has 178 valence electrons. The number of aromatic nitrogens is 2. The molecule has 1 atom stereocenters. The fourth-order valence-electron chi connectivity index (χ4n) is 3.72. The highest BCUT2D eigenvalue weighted by atomic mass is 127. The Balaban J connectivity index is 0.00000385. The molecule has 0 saturated carbocycles. The Hall–Kier alpha value is -2.55. The van der Waals surface area contributed by atoms with Gasteiger partial charge in [0, 0.05) is 32.4 Å². The van der Waals surface area contributed by atoms with Crippen molar-refractivity contribution in [1.29, 1.82) is 0 Å². The summed E-state index contributed by atoms with van der Waals surface area (Å²) < 4.78 is 7.81. The topological polar surface area (TPSA) is 63.5 Å². The zero-order chi connectivity index (χ0) is 22.9. The van der Waals surface area contributed by atoms with Crippen LogP contribution in [0.3, 0.4) is 0 Å². The molecule has 7 heteroatoms. The molecule has 0 radical (unpaired) electrons. The molecule has 0 fully saturated rings. The molecule has 0 aliphatic rings. The highest BCUT2D eigenvalue weighted by Crippen LogP contribution is 2.15. The minimum absolute atomic E-state index is 0. The van der Waals surface area contributed by atoms with Gasteiger partial charge in [-0.05, 0) is 62.4 Å². The second kappa shape index (κ2) is 13.2. The zero-order valence-electron chi connectivity index (χ0n) is 20.3. The van der Waals surface area contributed by atoms with Crippen LogP contribution in [-0.4, -0.2) is 35.4 Å². The Labute approximate surface area is 214 Å². The van der Waals surface area contributed by atoms with Gasteiger partial charge in [0.05, 0.1) is 5.69 Å². The number of nitrogens with zero attached hydrogens (tertiary/aromatic N) is 3. The van der Waals surface area contributed by atoms with E-state index in [4.69, 9.17) is 4.74 Å². The van der Waals surface area contributed by atoms with Crippen molar-refractivity contribution in [2.75, 3.05) is 13.6 Å². The van der Waals surface area contributed by atoms with E-state index in [1.54, 1.807) is 0 Å². The van der Waals surface area contributed by atoms with Crippen LogP contribution < -0.4 is 15.4 Å². The van der Waals surface area contributed by atoms with Crippen molar-refractivity contribution in [2.24, 2.45) is 12.0 Å². The molecule has 0 saturated heterocycles. The Morgan fingerprint density at radius 2 is 1.76 bits per heavy atom. The quantitative estimate of drug-likeness (QED) is 0.228. The van der Waals surface area contributed by atoms with Crippen molar-refractivity contribution >= 4 is 29.9 Å². The fourth-order valence-corrected chi connectivity index (χ4v) is 3.72. The van der Waals surface area contributed by atoms with E-state index >= 15 is 0 Å². The Morgan fingerprint density at radius 1 is 1.06 bits per heavy atom. The molecule has 2 N–H and O–H groups in total. The number of rotatable bonds is 9. The van der Waals surface area contributed by atoms with Gasteiger partial charge in [-0.3, -0.25) is 9.67 Å². The maximum atomic E-state index is 5.87. The number of hydrogen-bond donors (Lipinski definition) is 2. The van der Waals surface area contributed by atoms with Crippen molar-refractivity contribution in [3.8, 4) is 5.75 Å². The van der Waals surface area contributed by atoms with Gasteiger partial charge < -0.3 is 15.4 Å². The van der Waals surface area contributed by atoms with Crippen LogP contribution >= 0.6 is 24.0 Å². The fraction of sp³-hybridized carbons (Fsp3) is 0.385. The first-order valence-corrected chi connectivity index (χ1v) is 11.2. The van der Waals surface area contributed by atoms with Gasteiger partial charge in [-0.15, -0.1) is 24.0 Å². The molecule has 0 amide bonds. The highest BCUT2D eigenvalue weighted by molar-refractivity contribution is 14.0. The van der Waals surface area contributed by atoms with Crippen LogP contribution in [0.4, 0.5) is 0 Å². The number of halogens is 1. The summed E-state index contributed by atoms with van der Waals surface area (Å²) >= 11 is 0. The first-order chi connectivity index (χ1) is 15.5. The molecular weight excluding hydrogens is 525 g/mol. The lowest BCUT2D eigenvalue weighted by Gasteiger charge is -2.18. The van der Waals surface area contributed by atoms with Gasteiger partial charge in [-0.1, -0.05) is 42.5 Å². The number of guanidine groups is 1. The van der Waals surface area contributed by atoms with Crippen LogP contribution in [0, 0.1) is 13.8 Å². The predicted octanol–water partition coefficient (Wildman–Crippen LogP) is 4.57. The lowest BCUT2D eigenvalue weighted by molar-refractivity contribution is 0.306. The van der Waals surface area contributed by atoms with E-state index in [0.717, 1.165) is 36.8 Å². The number of ether oxygens (including phenoxy) is 1. The van der Waals surface area contributed by atoms with Gasteiger partial charge in [-0.2, -0.15) is 5.10 Å². The molecule has 1 unspecified atom stereocenters. The van der Waals surface area contributed by atoms with Crippen LogP contribution in [0.15, 0.2) is 59.6 Å². The van der Waals surface area contributed by atoms with Gasteiger partial charge in [0.15, 0.2) is 5.96 Å². The third kappa shape index (κ3) is 8.07. The van der Waals surface area contributed by atoms with Gasteiger partial charge in [0.2, 0.25) is 0 Å². The van der Waals surface area contributed by atoms with Crippen LogP contribution in [0.2, 0.25) is 0 Å². The standard InChI is InChI=1S/C26H35N5O.HI/c1-19(17-25-20(2)30-31(5)21(25)3)29-26(27-4)28-16-15-22-11-13-24(14-12-22)32-18-23-9-7-6-8-10-23;/h6-14,19H,15-18H2,1-5H3,(H2,27,28,29);1H. The number of aliphatic imine (C=N–C) groups is 1. The molecule has 1 aromatic heterocycles. The molecule has 1 heterocycles. The minimum Gasteiger partial charge on any atom is -0.489 e. The van der Waals surface area contributed by atoms with Crippen molar-refractivity contribution < 1.29 is 4.74 Å². The molecule has 2 aromatic carbocycles. The van der Waals surface area contributed by atoms with Crippen molar-refractivity contribution in [3.05, 3.63) is 82.7 Å². The summed E-state index contributed by atoms with van der Waals surface area (Å²) in [6, 6.07) is 18.8. The molecule has 3 rings (SSSR count). The van der Waals surface area contributed by atoms with E-state index in [1.165, 1.54) is 22.4 Å². The second-order valence-electron chi connectivity index (χ2n) is 8.19. The number of aryl methyl sites for hydroxylation is 2. The molecular formula is C26H36IN5O. The van der Waals surface area contributed by atoms with E-state index < -0.39 is 0 Å². The Bertz CT molecular complexity index is 1020. The zero-order valence-corrected chi connectivity index (χ0v) is 22.6. The van der Waals surface area contributed by atoms with Gasteiger partial charge >= 0.3 is 0 Å². The average molecular weight is 562 g/mol. The maximum Gasteiger partial charge on any atom is 0.191 e. The lowest BCUT2D eigenvalue weighted by Crippen LogP contribution is -2.43. The summed E-state index contributed by atoms with van der Waals surface area (Å²) in [6.07, 6.45) is 1.82. The van der Waals surface area contributed by atoms with Gasteiger partial charge in [0.25, 0.3) is 0 Å². The van der Waals surface area contributed by atoms with E-state index in [2.05, 4.69) is 65.8 Å². The summed E-state index contributed by atoms with van der Waals surface area (Å²) in [7, 11) is 3.80. The van der Waals surface area contributed by atoms with E-state index in [-0.39, 0.29) is 30.0 Å². The average Bonchev–Trinajstić information content (AvgIpc) is 3.04. The number of hydrogen-bond acceptors (Lipinski definition) is 3. The van der Waals surface area contributed by atoms with Gasteiger partial charge in [0.1, 0.15) is 12.4 Å². The number of nitrogens with one attached hydrogen (secondary N) is 2. The predicted molar refractivity (Wildman–Crippen MR) is 147 cm³/mol. The van der Waals surface area contributed by atoms with E-state index in [0.29, 0.717) is 6.61 Å². The molecule has 0 spiro atoms. The summed E-state index contributed by atoms with van der Waals surface area (Å²) in [5, 5.41) is 11.4. The van der Waals surface area contributed by atoms with E-state index in [1.807, 2.05) is 49.1 Å². The van der Waals surface area contributed by atoms with Crippen LogP contribution in [0.5, 0.6) is 5.75 Å². The van der Waals surface area contributed by atoms with Crippen LogP contribution in [0.1, 0.15) is 35.0 Å². The molecule has 0 bridgehead atoms. The first-order valence-electron chi connectivity index (χ1n) is 11.2. The smallest absolute Gasteiger partial charge is 0.191 e. The number of benzene rings is 2. The molecule has 3 aromatic rings. The molecule has 0 aliphatic heterocycles. The Morgan fingerprint density at radius 3 is 2.36 bits per heavy atom. The van der Waals surface area contributed by atoms with Crippen LogP contribution in [0.25, 0.3) is 0 Å². The SMILES string of the molecule is CN=C(NCCc1ccc(OCc2ccccc2)cc1)NC(C)Cc1c(C)nn(C)c1C.I. The lowest BCUT2D eigenvalue weighted by atomic mass is 10.1. The van der Waals surface area contributed by atoms with Gasteiger partial charge in [-0.25, -0.2) is 0 Å².